The molecular formula is C25H27Cl2N3O4. The number of aliphatic hydroxyl groups excluding tert-OH is 1. The van der Waals surface area contributed by atoms with Gasteiger partial charge in [0.2, 0.25) is 5.88 Å². The van der Waals surface area contributed by atoms with E-state index in [-0.39, 0.29) is 25.7 Å². The Balaban J connectivity index is 1.85. The van der Waals surface area contributed by atoms with Crippen molar-refractivity contribution in [2.24, 2.45) is 0 Å². The Morgan fingerprint density at radius 2 is 1.88 bits per heavy atom. The summed E-state index contributed by atoms with van der Waals surface area (Å²) in [5.41, 5.74) is 2.43. The van der Waals surface area contributed by atoms with Gasteiger partial charge in [-0.05, 0) is 42.3 Å². The highest BCUT2D eigenvalue weighted by molar-refractivity contribution is 6.30. The highest BCUT2D eigenvalue weighted by atomic mass is 35.5. The molecule has 0 spiro atoms. The Labute approximate surface area is 209 Å². The second-order valence-corrected chi connectivity index (χ2v) is 9.59. The first-order valence-electron chi connectivity index (χ1n) is 11.0. The molecule has 7 nitrogen and oxygen atoms in total. The molecule has 1 N–H and O–H groups in total. The lowest BCUT2D eigenvalue weighted by molar-refractivity contribution is -0.835. The van der Waals surface area contributed by atoms with Gasteiger partial charge in [-0.2, -0.15) is 0 Å². The number of hydrogen-bond donors (Lipinski definition) is 1. The minimum absolute atomic E-state index is 0.00418. The van der Waals surface area contributed by atoms with Gasteiger partial charge in [0, 0.05) is 42.2 Å². The lowest BCUT2D eigenvalue weighted by Gasteiger charge is -2.50. The molecule has 0 saturated carbocycles. The van der Waals surface area contributed by atoms with Gasteiger partial charge in [0.1, 0.15) is 17.0 Å². The first-order valence-corrected chi connectivity index (χ1v) is 11.8. The van der Waals surface area contributed by atoms with E-state index in [9.17, 15) is 15.1 Å². The summed E-state index contributed by atoms with van der Waals surface area (Å²) in [4.78, 5) is 17.0. The number of carbonyl (C=O) groups excluding carboxylic acids is 1. The van der Waals surface area contributed by atoms with Gasteiger partial charge in [-0.25, -0.2) is 0 Å². The van der Waals surface area contributed by atoms with Gasteiger partial charge >= 0.3 is 0 Å². The Morgan fingerprint density at radius 1 is 1.15 bits per heavy atom. The Bertz CT molecular complexity index is 1150. The van der Waals surface area contributed by atoms with Crippen LogP contribution in [0, 0.1) is 5.21 Å². The predicted molar refractivity (Wildman–Crippen MR) is 132 cm³/mol. The molecule has 1 unspecified atom stereocenters. The van der Waals surface area contributed by atoms with Crippen LogP contribution in [-0.2, 0) is 11.2 Å². The molecule has 2 heterocycles. The highest BCUT2D eigenvalue weighted by Crippen LogP contribution is 2.38. The minimum atomic E-state index is -0.689. The van der Waals surface area contributed by atoms with Crippen LogP contribution in [0.3, 0.4) is 0 Å². The number of hydroxylamine groups is 3. The standard InChI is InChI=1S/C25H27Cl2N3O4/c1-28-15-22-23(24(32)29(11-4-12-31)16-30(22,2)33)21(13-17-7-9-18(26)10-8-17)25(28)34-20-6-3-5-19(27)14-20/h3,5-10,14,31H,4,11-13,15-16H2,1-2H3. The summed E-state index contributed by atoms with van der Waals surface area (Å²) in [5, 5.41) is 24.0. The van der Waals surface area contributed by atoms with Gasteiger partial charge in [0.05, 0.1) is 13.6 Å². The molecule has 2 aromatic carbocycles. The Hall–Kier alpha value is -2.55. The van der Waals surface area contributed by atoms with E-state index in [0.29, 0.717) is 57.9 Å². The maximum absolute atomic E-state index is 13.7. The number of quaternary nitrogens is 1. The number of amides is 1. The van der Waals surface area contributed by atoms with Gasteiger partial charge in [0.15, 0.2) is 6.67 Å². The molecule has 2 aromatic rings. The topological polar surface area (TPSA) is 76.1 Å². The second-order valence-electron chi connectivity index (χ2n) is 8.71. The van der Waals surface area contributed by atoms with Crippen molar-refractivity contribution in [2.75, 3.05) is 40.5 Å². The Morgan fingerprint density at radius 3 is 2.56 bits per heavy atom. The van der Waals surface area contributed by atoms with Gasteiger partial charge < -0.3 is 24.6 Å². The summed E-state index contributed by atoms with van der Waals surface area (Å²) < 4.78 is 5.59. The molecule has 9 heteroatoms. The Kier molecular flexibility index (Phi) is 7.21. The summed E-state index contributed by atoms with van der Waals surface area (Å²) in [7, 11) is 3.40. The number of rotatable bonds is 7. The van der Waals surface area contributed by atoms with Crippen LogP contribution in [0.5, 0.6) is 5.75 Å². The van der Waals surface area contributed by atoms with E-state index in [1.165, 1.54) is 4.90 Å². The van der Waals surface area contributed by atoms with E-state index in [1.807, 2.05) is 24.1 Å². The smallest absolute Gasteiger partial charge is 0.264 e. The lowest BCUT2D eigenvalue weighted by Crippen LogP contribution is -2.57. The van der Waals surface area contributed by atoms with Gasteiger partial charge in [0.25, 0.3) is 5.91 Å². The second kappa shape index (κ2) is 9.98. The normalized spacial score (nSPS) is 20.7. The van der Waals surface area contributed by atoms with Crippen LogP contribution in [-0.4, -0.2) is 65.9 Å². The molecule has 1 atom stereocenters. The molecule has 2 aliphatic heterocycles. The van der Waals surface area contributed by atoms with Crippen LogP contribution in [0.4, 0.5) is 0 Å². The van der Waals surface area contributed by atoms with Gasteiger partial charge in [-0.1, -0.05) is 41.4 Å². The average Bonchev–Trinajstić information content (AvgIpc) is 2.79. The molecule has 4 rings (SSSR count). The van der Waals surface area contributed by atoms with Crippen molar-refractivity contribution in [3.63, 3.8) is 0 Å². The van der Waals surface area contributed by atoms with Crippen molar-refractivity contribution < 1.29 is 19.3 Å². The van der Waals surface area contributed by atoms with Crippen molar-refractivity contribution in [2.45, 2.75) is 12.8 Å². The molecule has 0 fully saturated rings. The summed E-state index contributed by atoms with van der Waals surface area (Å²) in [5.74, 6) is 0.805. The number of nitrogens with zero attached hydrogens (tertiary/aromatic N) is 3. The molecule has 1 amide bonds. The number of hydrogen-bond acceptors (Lipinski definition) is 5. The van der Waals surface area contributed by atoms with Crippen LogP contribution >= 0.6 is 23.2 Å². The van der Waals surface area contributed by atoms with Crippen LogP contribution in [0.25, 0.3) is 0 Å². The lowest BCUT2D eigenvalue weighted by atomic mass is 9.91. The predicted octanol–water partition coefficient (Wildman–Crippen LogP) is 4.15. The van der Waals surface area contributed by atoms with Crippen molar-refractivity contribution in [1.82, 2.24) is 9.80 Å². The van der Waals surface area contributed by atoms with E-state index < -0.39 is 4.65 Å². The fourth-order valence-electron chi connectivity index (χ4n) is 4.34. The maximum atomic E-state index is 13.7. The highest BCUT2D eigenvalue weighted by Gasteiger charge is 2.44. The summed E-state index contributed by atoms with van der Waals surface area (Å²) >= 11 is 12.2. The fraction of sp³-hybridized carbons (Fsp3) is 0.320. The summed E-state index contributed by atoms with van der Waals surface area (Å²) in [6.07, 6.45) is 0.770. The minimum Gasteiger partial charge on any atom is -0.626 e. The van der Waals surface area contributed by atoms with Crippen molar-refractivity contribution in [3.8, 4) is 5.75 Å². The quantitative estimate of drug-likeness (QED) is 0.453. The van der Waals surface area contributed by atoms with E-state index in [0.717, 1.165) is 5.56 Å². The van der Waals surface area contributed by atoms with Crippen molar-refractivity contribution >= 4 is 29.1 Å². The fourth-order valence-corrected chi connectivity index (χ4v) is 4.65. The third-order valence-corrected chi connectivity index (χ3v) is 6.47. The summed E-state index contributed by atoms with van der Waals surface area (Å²) in [6.45, 7) is 0.507. The molecule has 0 bridgehead atoms. The van der Waals surface area contributed by atoms with Crippen LogP contribution < -0.4 is 4.74 Å². The third-order valence-electron chi connectivity index (χ3n) is 5.99. The van der Waals surface area contributed by atoms with E-state index >= 15 is 0 Å². The zero-order valence-electron chi connectivity index (χ0n) is 19.1. The zero-order chi connectivity index (χ0) is 24.5. The van der Waals surface area contributed by atoms with Crippen LogP contribution in [0.1, 0.15) is 12.0 Å². The molecule has 34 heavy (non-hydrogen) atoms. The van der Waals surface area contributed by atoms with E-state index in [1.54, 1.807) is 43.4 Å². The maximum Gasteiger partial charge on any atom is 0.264 e. The number of ether oxygens (including phenoxy) is 1. The van der Waals surface area contributed by atoms with Gasteiger partial charge in [-0.3, -0.25) is 9.69 Å². The van der Waals surface area contributed by atoms with Crippen molar-refractivity contribution in [1.29, 1.82) is 0 Å². The average molecular weight is 504 g/mol. The number of aliphatic hydroxyl groups is 1. The molecule has 0 aliphatic carbocycles. The number of likely N-dealkylation sites (N-methyl/N-ethyl adjacent to an activating group) is 2. The molecule has 0 radical (unpaired) electrons. The van der Waals surface area contributed by atoms with E-state index in [4.69, 9.17) is 27.9 Å². The monoisotopic (exact) mass is 503 g/mol. The largest absolute Gasteiger partial charge is 0.626 e. The molecule has 180 valence electrons. The molecule has 0 aromatic heterocycles. The molecular weight excluding hydrogens is 477 g/mol. The SMILES string of the molecule is CN1CC2=C(C(=O)N(CCCO)C[N+]2(C)[O-])C(Cc2ccc(Cl)cc2)=C1Oc1cccc(Cl)c1. The first kappa shape index (κ1) is 24.6. The molecule has 2 aliphatic rings. The number of benzene rings is 2. The zero-order valence-corrected chi connectivity index (χ0v) is 20.6. The van der Waals surface area contributed by atoms with Crippen molar-refractivity contribution in [3.05, 3.63) is 92.1 Å². The number of carbonyl (C=O) groups is 1. The third kappa shape index (κ3) is 5.09. The van der Waals surface area contributed by atoms with Crippen LogP contribution in [0.15, 0.2) is 71.3 Å². The van der Waals surface area contributed by atoms with Gasteiger partial charge in [-0.15, -0.1) is 0 Å². The molecule has 0 saturated heterocycles. The summed E-state index contributed by atoms with van der Waals surface area (Å²) in [6, 6.07) is 14.4. The number of halogens is 2. The van der Waals surface area contributed by atoms with E-state index in [2.05, 4.69) is 0 Å². The van der Waals surface area contributed by atoms with Crippen LogP contribution in [0.2, 0.25) is 10.0 Å². The first-order chi connectivity index (χ1) is 16.2.